The van der Waals surface area contributed by atoms with E-state index in [-0.39, 0.29) is 36.6 Å². The molecule has 0 aliphatic carbocycles. The summed E-state index contributed by atoms with van der Waals surface area (Å²) in [4.78, 5) is 38.9. The van der Waals surface area contributed by atoms with E-state index in [9.17, 15) is 14.7 Å². The minimum absolute atomic E-state index is 0.00353. The van der Waals surface area contributed by atoms with Crippen LogP contribution in [-0.2, 0) is 24.3 Å². The first-order valence-electron chi connectivity index (χ1n) is 13.5. The summed E-state index contributed by atoms with van der Waals surface area (Å²) in [6.07, 6.45) is 2.16. The van der Waals surface area contributed by atoms with Gasteiger partial charge in [-0.25, -0.2) is 19.6 Å². The Bertz CT molecular complexity index is 2050. The number of nitrogens with two attached hydrogens (primary N) is 1. The fourth-order valence-electron chi connectivity index (χ4n) is 5.19. The van der Waals surface area contributed by atoms with Crippen LogP contribution in [-0.4, -0.2) is 45.5 Å². The maximum absolute atomic E-state index is 14.2. The second kappa shape index (κ2) is 11.5. The van der Waals surface area contributed by atoms with E-state index in [2.05, 4.69) is 9.97 Å². The third-order valence-corrected chi connectivity index (χ3v) is 7.63. The highest BCUT2D eigenvalue weighted by molar-refractivity contribution is 6.31. The number of fused-ring (bicyclic) bond motifs is 2. The molecule has 4 N–H and O–H groups in total. The number of aliphatic carboxylic acids is 1. The van der Waals surface area contributed by atoms with Crippen LogP contribution in [0.3, 0.4) is 0 Å². The first kappa shape index (κ1) is 27.9. The smallest absolute Gasteiger partial charge is 0.303 e. The third-order valence-electron chi connectivity index (χ3n) is 7.26. The number of carboxylic acid groups (broad SMARTS) is 1. The number of nitrogen functional groups attached to an aromatic ring is 1. The average molecular weight is 596 g/mol. The molecule has 6 rings (SSSR count). The van der Waals surface area contributed by atoms with Crippen molar-refractivity contribution < 1.29 is 15.0 Å². The third kappa shape index (κ3) is 5.50. The first-order chi connectivity index (χ1) is 20.8. The minimum Gasteiger partial charge on any atom is -0.508 e. The van der Waals surface area contributed by atoms with Crippen LogP contribution < -0.4 is 11.3 Å². The number of benzene rings is 3. The highest BCUT2D eigenvalue weighted by Crippen LogP contribution is 2.31. The summed E-state index contributed by atoms with van der Waals surface area (Å²) in [5, 5.41) is 25.2. The van der Waals surface area contributed by atoms with Crippen molar-refractivity contribution in [1.82, 2.24) is 29.3 Å². The van der Waals surface area contributed by atoms with Gasteiger partial charge in [0.1, 0.15) is 36.0 Å². The van der Waals surface area contributed by atoms with Gasteiger partial charge in [0.15, 0.2) is 5.65 Å². The molecule has 0 atom stereocenters. The highest BCUT2D eigenvalue weighted by atomic mass is 35.5. The van der Waals surface area contributed by atoms with Crippen LogP contribution in [0.25, 0.3) is 33.2 Å². The average Bonchev–Trinajstić information content (AvgIpc) is 3.35. The number of carboxylic acids is 1. The predicted molar refractivity (Wildman–Crippen MR) is 163 cm³/mol. The Hall–Kier alpha value is -5.29. The summed E-state index contributed by atoms with van der Waals surface area (Å²) in [6, 6.07) is 19.2. The van der Waals surface area contributed by atoms with E-state index in [1.165, 1.54) is 6.33 Å². The van der Waals surface area contributed by atoms with Crippen LogP contribution in [0.4, 0.5) is 5.82 Å². The number of carbonyl (C=O) groups is 1. The first-order valence-corrected chi connectivity index (χ1v) is 13.9. The lowest BCUT2D eigenvalue weighted by atomic mass is 10.0. The zero-order chi connectivity index (χ0) is 30.1. The Morgan fingerprint density at radius 3 is 2.47 bits per heavy atom. The zero-order valence-corrected chi connectivity index (χ0v) is 23.6. The molecule has 0 aliphatic rings. The monoisotopic (exact) mass is 595 g/mol. The van der Waals surface area contributed by atoms with Crippen molar-refractivity contribution in [3.8, 4) is 17.0 Å². The van der Waals surface area contributed by atoms with Gasteiger partial charge in [-0.15, -0.1) is 0 Å². The number of nitrogens with zero attached hydrogens (tertiary/aromatic N) is 6. The van der Waals surface area contributed by atoms with E-state index in [0.717, 1.165) is 11.1 Å². The maximum atomic E-state index is 14.2. The van der Waals surface area contributed by atoms with Crippen molar-refractivity contribution in [2.75, 3.05) is 5.73 Å². The Labute approximate surface area is 249 Å². The van der Waals surface area contributed by atoms with Gasteiger partial charge in [0.25, 0.3) is 5.56 Å². The van der Waals surface area contributed by atoms with Gasteiger partial charge in [-0.05, 0) is 60.4 Å². The topological polar surface area (TPSA) is 162 Å². The van der Waals surface area contributed by atoms with Crippen molar-refractivity contribution >= 4 is 45.3 Å². The van der Waals surface area contributed by atoms with Gasteiger partial charge >= 0.3 is 5.97 Å². The molecule has 0 fully saturated rings. The molecule has 0 unspecified atom stereocenters. The molecular weight excluding hydrogens is 570 g/mol. The summed E-state index contributed by atoms with van der Waals surface area (Å²) in [6.45, 7) is 0.227. The molecule has 216 valence electrons. The Morgan fingerprint density at radius 2 is 1.70 bits per heavy atom. The van der Waals surface area contributed by atoms with Gasteiger partial charge in [0.2, 0.25) is 0 Å². The second-order valence-corrected chi connectivity index (χ2v) is 10.5. The van der Waals surface area contributed by atoms with Gasteiger partial charge in [-0.1, -0.05) is 41.9 Å². The number of phenols is 1. The fraction of sp³-hybridized carbons (Fsp3) is 0.161. The number of aryl methyl sites for hydroxylation is 1. The van der Waals surface area contributed by atoms with Crippen LogP contribution in [0, 0.1) is 0 Å². The Balaban J connectivity index is 1.52. The van der Waals surface area contributed by atoms with E-state index in [0.29, 0.717) is 56.9 Å². The van der Waals surface area contributed by atoms with Gasteiger partial charge in [0, 0.05) is 17.0 Å². The van der Waals surface area contributed by atoms with Crippen LogP contribution in [0.15, 0.2) is 77.9 Å². The van der Waals surface area contributed by atoms with Crippen LogP contribution in [0.2, 0.25) is 5.02 Å². The number of hydrogen-bond donors (Lipinski definition) is 3. The number of aromatic nitrogens is 6. The van der Waals surface area contributed by atoms with Crippen molar-refractivity contribution in [1.29, 1.82) is 0 Å². The van der Waals surface area contributed by atoms with Crippen LogP contribution in [0.1, 0.15) is 29.8 Å². The van der Waals surface area contributed by atoms with E-state index in [1.807, 2.05) is 30.3 Å². The number of aromatic hydroxyl groups is 1. The molecule has 11 nitrogen and oxygen atoms in total. The minimum atomic E-state index is -0.889. The maximum Gasteiger partial charge on any atom is 0.303 e. The van der Waals surface area contributed by atoms with Gasteiger partial charge in [0.05, 0.1) is 22.8 Å². The van der Waals surface area contributed by atoms with Gasteiger partial charge < -0.3 is 15.9 Å². The molecule has 0 radical (unpaired) electrons. The molecular formula is C31H26ClN7O4. The van der Waals surface area contributed by atoms with Crippen molar-refractivity contribution in [3.05, 3.63) is 105 Å². The summed E-state index contributed by atoms with van der Waals surface area (Å²) in [5.41, 5.74) is 9.65. The standard InChI is InChI=1S/C31H26ClN7O4/c32-22-8-2-1-5-20(22)15-38-24(36-23-9-3-6-18(26(23)31(38)43)7-4-10-25(41)42)16-39-30-27(29(33)34-17-35-30)28(37-39)19-11-13-21(40)14-12-19/h1-3,5-6,8-9,11-14,17,40H,4,7,10,15-16H2,(H,41,42)(H2,33,34,35). The van der Waals surface area contributed by atoms with Gasteiger partial charge in [-0.2, -0.15) is 5.10 Å². The molecule has 12 heteroatoms. The molecule has 0 saturated heterocycles. The van der Waals surface area contributed by atoms with E-state index in [4.69, 9.17) is 32.5 Å². The number of hydrogen-bond acceptors (Lipinski definition) is 8. The number of phenolic OH excluding ortho intramolecular Hbond substituents is 1. The Morgan fingerprint density at radius 1 is 0.930 bits per heavy atom. The van der Waals surface area contributed by atoms with Crippen LogP contribution >= 0.6 is 11.6 Å². The molecule has 0 spiro atoms. The molecule has 3 aromatic heterocycles. The summed E-state index contributed by atoms with van der Waals surface area (Å²) >= 11 is 6.51. The summed E-state index contributed by atoms with van der Waals surface area (Å²) in [7, 11) is 0. The van der Waals surface area contributed by atoms with Gasteiger partial charge in [-0.3, -0.25) is 14.2 Å². The second-order valence-electron chi connectivity index (χ2n) is 10.1. The molecule has 43 heavy (non-hydrogen) atoms. The lowest BCUT2D eigenvalue weighted by molar-refractivity contribution is -0.137. The zero-order valence-electron chi connectivity index (χ0n) is 22.8. The lowest BCUT2D eigenvalue weighted by Gasteiger charge is -2.16. The normalized spacial score (nSPS) is 11.4. The molecule has 0 bridgehead atoms. The van der Waals surface area contributed by atoms with Crippen molar-refractivity contribution in [2.24, 2.45) is 0 Å². The molecule has 0 amide bonds. The largest absolute Gasteiger partial charge is 0.508 e. The SMILES string of the molecule is Nc1ncnc2c1c(-c1ccc(O)cc1)nn2Cc1nc2cccc(CCCC(=O)O)c2c(=O)n1Cc1ccccc1Cl. The number of anilines is 1. The molecule has 0 saturated carbocycles. The van der Waals surface area contributed by atoms with E-state index < -0.39 is 5.97 Å². The Kier molecular flexibility index (Phi) is 7.47. The molecule has 6 aromatic rings. The predicted octanol–water partition coefficient (Wildman–Crippen LogP) is 4.65. The fourth-order valence-corrected chi connectivity index (χ4v) is 5.39. The molecule has 3 aromatic carbocycles. The number of halogens is 1. The van der Waals surface area contributed by atoms with Crippen molar-refractivity contribution in [2.45, 2.75) is 32.4 Å². The number of rotatable bonds is 9. The molecule has 0 aliphatic heterocycles. The highest BCUT2D eigenvalue weighted by Gasteiger charge is 2.21. The summed E-state index contributed by atoms with van der Waals surface area (Å²) in [5.74, 6) is -0.119. The van der Waals surface area contributed by atoms with E-state index in [1.54, 1.807) is 45.6 Å². The lowest BCUT2D eigenvalue weighted by Crippen LogP contribution is -2.28. The van der Waals surface area contributed by atoms with Crippen LogP contribution in [0.5, 0.6) is 5.75 Å². The molecule has 3 heterocycles. The van der Waals surface area contributed by atoms with Crippen molar-refractivity contribution in [3.63, 3.8) is 0 Å². The summed E-state index contributed by atoms with van der Waals surface area (Å²) < 4.78 is 3.20. The quantitative estimate of drug-likeness (QED) is 0.216. The van der Waals surface area contributed by atoms with E-state index >= 15 is 0 Å².